The normalized spacial score (nSPS) is 18.6. The van der Waals surface area contributed by atoms with Gasteiger partial charge in [0.05, 0.1) is 24.9 Å². The third kappa shape index (κ3) is 3.28. The lowest BCUT2D eigenvalue weighted by Crippen LogP contribution is -2.47. The number of nitrogens with one attached hydrogen (secondary N) is 1. The topological polar surface area (TPSA) is 84.4 Å². The van der Waals surface area contributed by atoms with Crippen LogP contribution in [0.25, 0.3) is 11.0 Å². The average molecular weight is 342 g/mol. The Bertz CT molecular complexity index is 741. The fourth-order valence-electron chi connectivity index (χ4n) is 2.45. The van der Waals surface area contributed by atoms with Crippen LogP contribution in [-0.2, 0) is 14.8 Å². The Morgan fingerprint density at radius 1 is 1.36 bits per heavy atom. The number of hydrogen-bond donors (Lipinski definition) is 1. The second-order valence-corrected chi connectivity index (χ2v) is 7.50. The second-order valence-electron chi connectivity index (χ2n) is 5.24. The molecule has 22 heavy (non-hydrogen) atoms. The minimum atomic E-state index is -3.59. The van der Waals surface area contributed by atoms with Gasteiger partial charge in [0.25, 0.3) is 0 Å². The van der Waals surface area contributed by atoms with Gasteiger partial charge < -0.3 is 4.74 Å². The summed E-state index contributed by atoms with van der Waals surface area (Å²) in [6, 6.07) is 5.12. The smallest absolute Gasteiger partial charge is 0.242 e. The summed E-state index contributed by atoms with van der Waals surface area (Å²) in [7, 11) is -3.59. The number of fused-ring (bicyclic) bond motifs is 1. The van der Waals surface area contributed by atoms with Crippen molar-refractivity contribution in [1.29, 1.82) is 0 Å². The zero-order chi connectivity index (χ0) is 15.6. The Kier molecular flexibility index (Phi) is 4.69. The van der Waals surface area contributed by atoms with E-state index in [9.17, 15) is 8.42 Å². The van der Waals surface area contributed by atoms with E-state index in [-0.39, 0.29) is 10.9 Å². The number of benzene rings is 1. The Morgan fingerprint density at radius 3 is 2.91 bits per heavy atom. The van der Waals surface area contributed by atoms with Crippen molar-refractivity contribution in [3.8, 4) is 0 Å². The number of hydrogen-bond acceptors (Lipinski definition) is 7. The predicted molar refractivity (Wildman–Crippen MR) is 84.5 cm³/mol. The maximum atomic E-state index is 12.5. The quantitative estimate of drug-likeness (QED) is 0.861. The van der Waals surface area contributed by atoms with E-state index >= 15 is 0 Å². The minimum Gasteiger partial charge on any atom is -0.379 e. The highest BCUT2D eigenvalue weighted by Crippen LogP contribution is 2.20. The molecule has 7 nitrogen and oxygen atoms in total. The molecule has 3 rings (SSSR count). The van der Waals surface area contributed by atoms with E-state index in [0.29, 0.717) is 30.8 Å². The first kappa shape index (κ1) is 15.8. The first-order chi connectivity index (χ1) is 10.6. The van der Waals surface area contributed by atoms with Crippen molar-refractivity contribution in [2.24, 2.45) is 0 Å². The van der Waals surface area contributed by atoms with E-state index < -0.39 is 10.0 Å². The molecule has 1 atom stereocenters. The summed E-state index contributed by atoms with van der Waals surface area (Å²) in [4.78, 5) is 2.41. The van der Waals surface area contributed by atoms with Crippen LogP contribution in [0.4, 0.5) is 0 Å². The van der Waals surface area contributed by atoms with Crippen LogP contribution in [0.3, 0.4) is 0 Å². The van der Waals surface area contributed by atoms with Gasteiger partial charge in [-0.1, -0.05) is 6.07 Å². The molecule has 2 heterocycles. The zero-order valence-electron chi connectivity index (χ0n) is 12.2. The maximum Gasteiger partial charge on any atom is 0.242 e. The Hall–Kier alpha value is -1.13. The van der Waals surface area contributed by atoms with Crippen LogP contribution in [0, 0.1) is 0 Å². The summed E-state index contributed by atoms with van der Waals surface area (Å²) in [5, 5.41) is 0. The molecule has 1 fully saturated rings. The number of aromatic nitrogens is 2. The van der Waals surface area contributed by atoms with Gasteiger partial charge in [0.1, 0.15) is 15.9 Å². The molecule has 120 valence electrons. The summed E-state index contributed by atoms with van der Waals surface area (Å²) < 4.78 is 41.2. The van der Waals surface area contributed by atoms with Crippen molar-refractivity contribution in [3.63, 3.8) is 0 Å². The van der Waals surface area contributed by atoms with Gasteiger partial charge in [0, 0.05) is 25.7 Å². The minimum absolute atomic E-state index is 0.117. The highest BCUT2D eigenvalue weighted by molar-refractivity contribution is 7.89. The molecule has 0 radical (unpaired) electrons. The molecule has 0 spiro atoms. The number of morpholine rings is 1. The summed E-state index contributed by atoms with van der Waals surface area (Å²) in [6.45, 7) is 5.42. The summed E-state index contributed by atoms with van der Waals surface area (Å²) >= 11 is 1.02. The van der Waals surface area contributed by atoms with E-state index in [0.717, 1.165) is 24.8 Å². The van der Waals surface area contributed by atoms with Crippen LogP contribution in [-0.4, -0.2) is 61.0 Å². The van der Waals surface area contributed by atoms with Gasteiger partial charge in [-0.2, -0.15) is 8.75 Å². The monoisotopic (exact) mass is 342 g/mol. The second kappa shape index (κ2) is 6.55. The lowest BCUT2D eigenvalue weighted by molar-refractivity contribution is 0.0213. The molecule has 0 aliphatic carbocycles. The highest BCUT2D eigenvalue weighted by Gasteiger charge is 2.22. The zero-order valence-corrected chi connectivity index (χ0v) is 13.9. The van der Waals surface area contributed by atoms with Crippen molar-refractivity contribution in [3.05, 3.63) is 18.2 Å². The van der Waals surface area contributed by atoms with E-state index in [1.807, 2.05) is 6.92 Å². The fraction of sp³-hybridized carbons (Fsp3) is 0.538. The van der Waals surface area contributed by atoms with Crippen molar-refractivity contribution in [1.82, 2.24) is 18.4 Å². The van der Waals surface area contributed by atoms with Crippen molar-refractivity contribution in [2.45, 2.75) is 17.9 Å². The lowest BCUT2D eigenvalue weighted by atomic mass is 10.2. The van der Waals surface area contributed by atoms with Gasteiger partial charge in [-0.25, -0.2) is 13.1 Å². The van der Waals surface area contributed by atoms with Gasteiger partial charge in [0.15, 0.2) is 0 Å². The molecule has 1 aliphatic heterocycles. The molecule has 1 aliphatic rings. The molecule has 0 bridgehead atoms. The Labute approximate surface area is 133 Å². The van der Waals surface area contributed by atoms with E-state index in [2.05, 4.69) is 18.4 Å². The first-order valence-corrected chi connectivity index (χ1v) is 9.32. The van der Waals surface area contributed by atoms with Gasteiger partial charge in [-0.05, 0) is 19.1 Å². The van der Waals surface area contributed by atoms with Gasteiger partial charge in [-0.15, -0.1) is 0 Å². The van der Waals surface area contributed by atoms with Gasteiger partial charge in [0.2, 0.25) is 10.0 Å². The van der Waals surface area contributed by atoms with Gasteiger partial charge in [-0.3, -0.25) is 4.90 Å². The third-order valence-electron chi connectivity index (χ3n) is 3.78. The van der Waals surface area contributed by atoms with E-state index in [1.165, 1.54) is 0 Å². The van der Waals surface area contributed by atoms with Crippen molar-refractivity contribution < 1.29 is 13.2 Å². The molecule has 1 saturated heterocycles. The van der Waals surface area contributed by atoms with Crippen molar-refractivity contribution in [2.75, 3.05) is 32.8 Å². The molecule has 9 heteroatoms. The fourth-order valence-corrected chi connectivity index (χ4v) is 4.34. The summed E-state index contributed by atoms with van der Waals surface area (Å²) in [6.07, 6.45) is 0. The first-order valence-electron chi connectivity index (χ1n) is 7.11. The molecule has 0 saturated carbocycles. The Balaban J connectivity index is 1.72. The van der Waals surface area contributed by atoms with Gasteiger partial charge >= 0.3 is 0 Å². The number of ether oxygens (including phenoxy) is 1. The van der Waals surface area contributed by atoms with Crippen LogP contribution < -0.4 is 4.72 Å². The number of sulfonamides is 1. The lowest BCUT2D eigenvalue weighted by Gasteiger charge is -2.32. The largest absolute Gasteiger partial charge is 0.379 e. The standard InChI is InChI=1S/C13H18N4O3S2/c1-10(17-5-7-20-8-6-17)9-14-22(18,19)12-4-2-3-11-13(12)16-21-15-11/h2-4,10,14H,5-9H2,1H3/t10-/m0/s1. The van der Waals surface area contributed by atoms with E-state index in [1.54, 1.807) is 18.2 Å². The molecule has 0 unspecified atom stereocenters. The van der Waals surface area contributed by atoms with Crippen LogP contribution in [0.1, 0.15) is 6.92 Å². The molecule has 1 aromatic carbocycles. The summed E-state index contributed by atoms with van der Waals surface area (Å²) in [5.41, 5.74) is 1.04. The third-order valence-corrected chi connectivity index (χ3v) is 5.77. The van der Waals surface area contributed by atoms with Crippen LogP contribution in [0.5, 0.6) is 0 Å². The Morgan fingerprint density at radius 2 is 2.14 bits per heavy atom. The SMILES string of the molecule is C[C@@H](CNS(=O)(=O)c1cccc2nsnc12)N1CCOCC1. The molecular weight excluding hydrogens is 324 g/mol. The number of nitrogens with zero attached hydrogens (tertiary/aromatic N) is 3. The van der Waals surface area contributed by atoms with Crippen LogP contribution >= 0.6 is 11.7 Å². The molecule has 0 amide bonds. The van der Waals surface area contributed by atoms with Crippen LogP contribution in [0.2, 0.25) is 0 Å². The van der Waals surface area contributed by atoms with E-state index in [4.69, 9.17) is 4.74 Å². The summed E-state index contributed by atoms with van der Waals surface area (Å²) in [5.74, 6) is 0. The average Bonchev–Trinajstić information content (AvgIpc) is 3.02. The highest BCUT2D eigenvalue weighted by atomic mass is 32.2. The number of rotatable bonds is 5. The predicted octanol–water partition coefficient (Wildman–Crippen LogP) is 0.690. The van der Waals surface area contributed by atoms with Crippen LogP contribution in [0.15, 0.2) is 23.1 Å². The van der Waals surface area contributed by atoms with Crippen molar-refractivity contribution >= 4 is 32.8 Å². The molecular formula is C13H18N4O3S2. The molecule has 2 aromatic rings. The maximum absolute atomic E-state index is 12.5. The molecule has 1 N–H and O–H groups in total. The molecule has 1 aromatic heterocycles.